The van der Waals surface area contributed by atoms with Crippen molar-refractivity contribution >= 4 is 0 Å². The van der Waals surface area contributed by atoms with Gasteiger partial charge in [-0.2, -0.15) is 0 Å². The van der Waals surface area contributed by atoms with Crippen LogP contribution in [0.3, 0.4) is 0 Å². The highest BCUT2D eigenvalue weighted by atomic mass is 14.3. The van der Waals surface area contributed by atoms with Crippen molar-refractivity contribution in [2.45, 2.75) is 80.1 Å². The number of allylic oxidation sites excluding steroid dienone is 4. The Labute approximate surface area is 127 Å². The van der Waals surface area contributed by atoms with Gasteiger partial charge in [-0.15, -0.1) is 0 Å². The van der Waals surface area contributed by atoms with E-state index in [-0.39, 0.29) is 0 Å². The summed E-state index contributed by atoms with van der Waals surface area (Å²) in [7, 11) is 0. The highest BCUT2D eigenvalue weighted by Crippen LogP contribution is 2.34. The summed E-state index contributed by atoms with van der Waals surface area (Å²) in [4.78, 5) is 0. The summed E-state index contributed by atoms with van der Waals surface area (Å²) in [6, 6.07) is 0. The van der Waals surface area contributed by atoms with Crippen LogP contribution in [0.5, 0.6) is 0 Å². The quantitative estimate of drug-likeness (QED) is 0.486. The zero-order chi connectivity index (χ0) is 15.2. The molecule has 0 heterocycles. The predicted molar refractivity (Wildman–Crippen MR) is 91.9 cm³/mol. The summed E-state index contributed by atoms with van der Waals surface area (Å²) in [6.45, 7) is 14.0. The molecule has 0 radical (unpaired) electrons. The lowest BCUT2D eigenvalue weighted by molar-refractivity contribution is 0.249. The van der Waals surface area contributed by atoms with E-state index < -0.39 is 0 Å². The van der Waals surface area contributed by atoms with Gasteiger partial charge in [0.05, 0.1) is 0 Å². The molecule has 0 bridgehead atoms. The molecule has 0 saturated heterocycles. The molecular weight excluding hydrogens is 240 g/mol. The molecule has 1 unspecified atom stereocenters. The summed E-state index contributed by atoms with van der Waals surface area (Å²) >= 11 is 0. The molecule has 0 aromatic rings. The van der Waals surface area contributed by atoms with Gasteiger partial charge < -0.3 is 0 Å². The molecule has 1 aliphatic carbocycles. The van der Waals surface area contributed by atoms with Gasteiger partial charge in [-0.05, 0) is 55.8 Å². The zero-order valence-electron chi connectivity index (χ0n) is 14.7. The van der Waals surface area contributed by atoms with E-state index in [4.69, 9.17) is 0 Å². The number of rotatable bonds is 5. The maximum Gasteiger partial charge on any atom is -0.0230 e. The van der Waals surface area contributed by atoms with Crippen molar-refractivity contribution in [1.82, 2.24) is 0 Å². The van der Waals surface area contributed by atoms with Crippen LogP contribution in [0.15, 0.2) is 23.8 Å². The molecule has 0 spiro atoms. The van der Waals surface area contributed by atoms with E-state index in [9.17, 15) is 0 Å². The molecule has 0 aliphatic heterocycles. The first-order valence-electron chi connectivity index (χ1n) is 8.65. The van der Waals surface area contributed by atoms with Crippen molar-refractivity contribution in [1.29, 1.82) is 0 Å². The minimum atomic E-state index is 0.438. The minimum Gasteiger partial charge on any atom is -0.0845 e. The standard InChI is InChI=1S/C20H36/c1-7-18(14-15-20(4,5)6)11-10-17(3)19-12-8-16(2)9-13-19/h7,10-11,16-17,19H,8-9,12-15H2,1-6H3. The van der Waals surface area contributed by atoms with E-state index >= 15 is 0 Å². The van der Waals surface area contributed by atoms with Gasteiger partial charge in [0.15, 0.2) is 0 Å². The lowest BCUT2D eigenvalue weighted by Crippen LogP contribution is -2.17. The first-order valence-corrected chi connectivity index (χ1v) is 8.65. The van der Waals surface area contributed by atoms with Crippen LogP contribution < -0.4 is 0 Å². The number of hydrogen-bond donors (Lipinski definition) is 0. The highest BCUT2D eigenvalue weighted by molar-refractivity contribution is 5.18. The first kappa shape index (κ1) is 17.5. The molecule has 1 aliphatic rings. The van der Waals surface area contributed by atoms with Gasteiger partial charge in [-0.3, -0.25) is 0 Å². The maximum atomic E-state index is 2.47. The van der Waals surface area contributed by atoms with Crippen LogP contribution in [-0.2, 0) is 0 Å². The molecule has 0 aromatic heterocycles. The van der Waals surface area contributed by atoms with Crippen LogP contribution in [-0.4, -0.2) is 0 Å². The SMILES string of the molecule is CC=C(C=CC(C)C1CCC(C)CC1)CCC(C)(C)C. The van der Waals surface area contributed by atoms with Gasteiger partial charge in [0, 0.05) is 0 Å². The lowest BCUT2D eigenvalue weighted by atomic mass is 9.77. The van der Waals surface area contributed by atoms with E-state index in [0.29, 0.717) is 5.41 Å². The summed E-state index contributed by atoms with van der Waals surface area (Å²) in [5.41, 5.74) is 1.95. The van der Waals surface area contributed by atoms with Gasteiger partial charge in [-0.1, -0.05) is 71.3 Å². The van der Waals surface area contributed by atoms with Crippen molar-refractivity contribution < 1.29 is 0 Å². The van der Waals surface area contributed by atoms with Gasteiger partial charge in [0.1, 0.15) is 0 Å². The molecule has 0 nitrogen and oxygen atoms in total. The van der Waals surface area contributed by atoms with Crippen LogP contribution in [0.2, 0.25) is 0 Å². The Kier molecular flexibility index (Phi) is 7.06. The van der Waals surface area contributed by atoms with Crippen molar-refractivity contribution in [2.24, 2.45) is 23.2 Å². The van der Waals surface area contributed by atoms with Crippen LogP contribution >= 0.6 is 0 Å². The first-order chi connectivity index (χ1) is 9.31. The smallest absolute Gasteiger partial charge is 0.0230 e. The number of hydrogen-bond acceptors (Lipinski definition) is 0. The van der Waals surface area contributed by atoms with E-state index in [1.807, 2.05) is 0 Å². The Morgan fingerprint density at radius 2 is 1.75 bits per heavy atom. The predicted octanol–water partition coefficient (Wildman–Crippen LogP) is 6.78. The van der Waals surface area contributed by atoms with Crippen LogP contribution in [0, 0.1) is 23.2 Å². The molecule has 1 atom stereocenters. The maximum absolute atomic E-state index is 2.47. The fourth-order valence-electron chi connectivity index (χ4n) is 3.09. The monoisotopic (exact) mass is 276 g/mol. The Morgan fingerprint density at radius 1 is 1.15 bits per heavy atom. The van der Waals surface area contributed by atoms with E-state index in [0.717, 1.165) is 17.8 Å². The second-order valence-electron chi connectivity index (χ2n) is 8.16. The third-order valence-corrected chi connectivity index (χ3v) is 4.95. The van der Waals surface area contributed by atoms with Crippen molar-refractivity contribution in [3.8, 4) is 0 Å². The summed E-state index contributed by atoms with van der Waals surface area (Å²) in [5.74, 6) is 2.62. The molecule has 20 heavy (non-hydrogen) atoms. The highest BCUT2D eigenvalue weighted by Gasteiger charge is 2.21. The lowest BCUT2D eigenvalue weighted by Gasteiger charge is -2.29. The molecule has 1 saturated carbocycles. The van der Waals surface area contributed by atoms with Crippen molar-refractivity contribution in [3.05, 3.63) is 23.8 Å². The zero-order valence-corrected chi connectivity index (χ0v) is 14.7. The molecule has 0 N–H and O–H groups in total. The third-order valence-electron chi connectivity index (χ3n) is 4.95. The minimum absolute atomic E-state index is 0.438. The normalized spacial score (nSPS) is 27.0. The Bertz CT molecular complexity index is 318. The van der Waals surface area contributed by atoms with Gasteiger partial charge >= 0.3 is 0 Å². The summed E-state index contributed by atoms with van der Waals surface area (Å²) in [6.07, 6.45) is 15.4. The van der Waals surface area contributed by atoms with Crippen LogP contribution in [0.4, 0.5) is 0 Å². The van der Waals surface area contributed by atoms with Crippen molar-refractivity contribution in [2.75, 3.05) is 0 Å². The largest absolute Gasteiger partial charge is 0.0845 e. The Hall–Kier alpha value is -0.520. The molecule has 0 heteroatoms. The molecule has 116 valence electrons. The van der Waals surface area contributed by atoms with Gasteiger partial charge in [0.25, 0.3) is 0 Å². The second-order valence-corrected chi connectivity index (χ2v) is 8.16. The van der Waals surface area contributed by atoms with Crippen LogP contribution in [0.1, 0.15) is 80.1 Å². The summed E-state index contributed by atoms with van der Waals surface area (Å²) in [5, 5.41) is 0. The van der Waals surface area contributed by atoms with Gasteiger partial charge in [-0.25, -0.2) is 0 Å². The average molecular weight is 277 g/mol. The summed E-state index contributed by atoms with van der Waals surface area (Å²) < 4.78 is 0. The molecule has 1 rings (SSSR count). The fraction of sp³-hybridized carbons (Fsp3) is 0.800. The van der Waals surface area contributed by atoms with Crippen molar-refractivity contribution in [3.63, 3.8) is 0 Å². The van der Waals surface area contributed by atoms with Crippen LogP contribution in [0.25, 0.3) is 0 Å². The van der Waals surface area contributed by atoms with E-state index in [1.54, 1.807) is 0 Å². The Morgan fingerprint density at radius 3 is 2.25 bits per heavy atom. The topological polar surface area (TPSA) is 0 Å². The van der Waals surface area contributed by atoms with E-state index in [2.05, 4.69) is 59.8 Å². The second kappa shape index (κ2) is 8.05. The Balaban J connectivity index is 2.44. The molecule has 1 fully saturated rings. The third kappa shape index (κ3) is 6.77. The fourth-order valence-corrected chi connectivity index (χ4v) is 3.09. The molecule has 0 aromatic carbocycles. The van der Waals surface area contributed by atoms with E-state index in [1.165, 1.54) is 44.1 Å². The molecular formula is C20H36. The average Bonchev–Trinajstić information content (AvgIpc) is 2.38. The van der Waals surface area contributed by atoms with Gasteiger partial charge in [0.2, 0.25) is 0 Å². The molecule has 0 amide bonds.